The van der Waals surface area contributed by atoms with Crippen LogP contribution in [0.25, 0.3) is 0 Å². The van der Waals surface area contributed by atoms with Crippen LogP contribution in [0.3, 0.4) is 0 Å². The molecule has 3 nitrogen and oxygen atoms in total. The highest BCUT2D eigenvalue weighted by Crippen LogP contribution is 2.17. The van der Waals surface area contributed by atoms with Crippen LogP contribution >= 0.6 is 0 Å². The van der Waals surface area contributed by atoms with Gasteiger partial charge in [0.15, 0.2) is 0 Å². The molecule has 1 fully saturated rings. The van der Waals surface area contributed by atoms with E-state index < -0.39 is 5.97 Å². The summed E-state index contributed by atoms with van der Waals surface area (Å²) in [5, 5.41) is 8.15. The van der Waals surface area contributed by atoms with Crippen LogP contribution in [0.1, 0.15) is 6.42 Å². The fourth-order valence-electron chi connectivity index (χ4n) is 0.537. The molecule has 0 unspecified atom stereocenters. The molecule has 0 aromatic carbocycles. The molecule has 1 N–H and O–H groups in total. The average molecular weight is 113 g/mol. The maximum absolute atomic E-state index is 10.3. The standard InChI is InChI=1S/C5H5O3/c6-3-4-1-2-8-5(4)7/h6H,1-2H2. The molecule has 0 bridgehead atoms. The van der Waals surface area contributed by atoms with E-state index in [0.29, 0.717) is 13.0 Å². The third-order valence-electron chi connectivity index (χ3n) is 0.967. The zero-order chi connectivity index (χ0) is 5.98. The third kappa shape index (κ3) is 0.816. The van der Waals surface area contributed by atoms with E-state index in [1.807, 2.05) is 0 Å². The summed E-state index contributed by atoms with van der Waals surface area (Å²) in [6.45, 7) is 2.13. The van der Waals surface area contributed by atoms with Gasteiger partial charge in [-0.2, -0.15) is 0 Å². The maximum atomic E-state index is 10.3. The minimum atomic E-state index is -0.451. The van der Waals surface area contributed by atoms with Crippen molar-refractivity contribution in [2.45, 2.75) is 6.42 Å². The number of hydrogen-bond acceptors (Lipinski definition) is 3. The fraction of sp³-hybridized carbons (Fsp3) is 0.400. The Morgan fingerprint density at radius 1 is 1.75 bits per heavy atom. The van der Waals surface area contributed by atoms with Gasteiger partial charge < -0.3 is 9.84 Å². The highest BCUT2D eigenvalue weighted by atomic mass is 16.5. The number of cyclic esters (lactones) is 1. The van der Waals surface area contributed by atoms with Crippen molar-refractivity contribution in [2.24, 2.45) is 0 Å². The van der Waals surface area contributed by atoms with E-state index in [-0.39, 0.29) is 5.92 Å². The molecule has 0 aliphatic carbocycles. The zero-order valence-corrected chi connectivity index (χ0v) is 4.18. The quantitative estimate of drug-likeness (QED) is 0.484. The fourth-order valence-corrected chi connectivity index (χ4v) is 0.537. The van der Waals surface area contributed by atoms with Gasteiger partial charge in [0.05, 0.1) is 6.61 Å². The summed E-state index contributed by atoms with van der Waals surface area (Å²) < 4.78 is 4.46. The molecule has 0 aromatic heterocycles. The molecule has 0 atom stereocenters. The van der Waals surface area contributed by atoms with Gasteiger partial charge in [-0.3, -0.25) is 4.79 Å². The van der Waals surface area contributed by atoms with E-state index in [0.717, 1.165) is 0 Å². The predicted molar refractivity (Wildman–Crippen MR) is 24.0 cm³/mol. The van der Waals surface area contributed by atoms with Crippen molar-refractivity contribution < 1.29 is 14.6 Å². The van der Waals surface area contributed by atoms with Gasteiger partial charge in [-0.15, -0.1) is 0 Å². The Bertz CT molecular complexity index is 99.8. The molecule has 0 saturated carbocycles. The first-order chi connectivity index (χ1) is 3.84. The molecule has 1 rings (SSSR count). The van der Waals surface area contributed by atoms with Gasteiger partial charge in [0.1, 0.15) is 12.5 Å². The smallest absolute Gasteiger partial charge is 0.316 e. The van der Waals surface area contributed by atoms with Gasteiger partial charge in [0, 0.05) is 6.42 Å². The Kier molecular flexibility index (Phi) is 1.48. The van der Waals surface area contributed by atoms with Gasteiger partial charge in [-0.1, -0.05) is 0 Å². The van der Waals surface area contributed by atoms with E-state index in [9.17, 15) is 4.79 Å². The lowest BCUT2D eigenvalue weighted by Gasteiger charge is -1.91. The first kappa shape index (κ1) is 5.56. The summed E-state index contributed by atoms with van der Waals surface area (Å²) >= 11 is 0. The lowest BCUT2D eigenvalue weighted by Crippen LogP contribution is -2.04. The van der Waals surface area contributed by atoms with Crippen LogP contribution in [0.2, 0.25) is 0 Å². The number of aliphatic hydroxyl groups excluding tert-OH is 1. The number of carbonyl (C=O) groups is 1. The maximum Gasteiger partial charge on any atom is 0.316 e. The Balaban J connectivity index is 2.42. The van der Waals surface area contributed by atoms with Crippen molar-refractivity contribution >= 4 is 5.97 Å². The van der Waals surface area contributed by atoms with Crippen LogP contribution in [0.5, 0.6) is 0 Å². The Morgan fingerprint density at radius 2 is 2.50 bits per heavy atom. The number of carbonyl (C=O) groups excluding carboxylic acids is 1. The highest BCUT2D eigenvalue weighted by Gasteiger charge is 2.27. The first-order valence-electron chi connectivity index (χ1n) is 2.27. The first-order valence-corrected chi connectivity index (χ1v) is 2.27. The third-order valence-corrected chi connectivity index (χ3v) is 0.967. The van der Waals surface area contributed by atoms with E-state index in [2.05, 4.69) is 4.74 Å². The monoisotopic (exact) mass is 113 g/mol. The number of hydrogen-bond donors (Lipinski definition) is 1. The summed E-state index contributed by atoms with van der Waals surface area (Å²) in [6, 6.07) is 0. The molecule has 0 aromatic rings. The number of rotatable bonds is 1. The van der Waals surface area contributed by atoms with Crippen LogP contribution in [0.15, 0.2) is 0 Å². The Labute approximate surface area is 47.3 Å². The lowest BCUT2D eigenvalue weighted by molar-refractivity contribution is -0.136. The molecule has 1 aliphatic heterocycles. The molecule has 1 saturated heterocycles. The highest BCUT2D eigenvalue weighted by molar-refractivity contribution is 5.87. The van der Waals surface area contributed by atoms with Crippen LogP contribution in [0.4, 0.5) is 0 Å². The molecule has 1 heterocycles. The van der Waals surface area contributed by atoms with Crippen molar-refractivity contribution in [2.75, 3.05) is 6.61 Å². The zero-order valence-electron chi connectivity index (χ0n) is 4.18. The number of ether oxygens (including phenoxy) is 1. The van der Waals surface area contributed by atoms with E-state index in [4.69, 9.17) is 5.11 Å². The number of aliphatic hydroxyl groups is 1. The molecule has 8 heavy (non-hydrogen) atoms. The van der Waals surface area contributed by atoms with Crippen molar-refractivity contribution in [1.29, 1.82) is 0 Å². The predicted octanol–water partition coefficient (Wildman–Crippen LogP) is -0.0809. The van der Waals surface area contributed by atoms with Crippen molar-refractivity contribution in [1.82, 2.24) is 0 Å². The van der Waals surface area contributed by atoms with E-state index in [1.165, 1.54) is 0 Å². The summed E-state index contributed by atoms with van der Waals surface area (Å²) in [5.74, 6) is -0.211. The van der Waals surface area contributed by atoms with E-state index in [1.54, 1.807) is 6.61 Å². The van der Waals surface area contributed by atoms with Gasteiger partial charge in [-0.25, -0.2) is 0 Å². The normalized spacial score (nSPS) is 21.4. The van der Waals surface area contributed by atoms with Crippen LogP contribution in [-0.2, 0) is 9.53 Å². The van der Waals surface area contributed by atoms with Gasteiger partial charge in [-0.05, 0) is 0 Å². The molecular weight excluding hydrogens is 108 g/mol. The average Bonchev–Trinajstić information content (AvgIpc) is 2.14. The lowest BCUT2D eigenvalue weighted by atomic mass is 10.1. The molecule has 0 amide bonds. The minimum absolute atomic E-state index is 0.241. The molecule has 0 spiro atoms. The second kappa shape index (κ2) is 2.13. The Hall–Kier alpha value is -0.570. The molecule has 1 aliphatic rings. The van der Waals surface area contributed by atoms with E-state index >= 15 is 0 Å². The second-order valence-corrected chi connectivity index (χ2v) is 1.48. The Morgan fingerprint density at radius 3 is 2.75 bits per heavy atom. The summed E-state index contributed by atoms with van der Waals surface area (Å²) in [7, 11) is 0. The SMILES string of the molecule is O=C1OCC[C]1[C]O. The van der Waals surface area contributed by atoms with Crippen molar-refractivity contribution in [3.63, 3.8) is 0 Å². The van der Waals surface area contributed by atoms with Crippen LogP contribution in [-0.4, -0.2) is 17.7 Å². The molecular formula is C5H5O3. The molecule has 3 heteroatoms. The van der Waals surface area contributed by atoms with Crippen LogP contribution < -0.4 is 0 Å². The number of esters is 1. The van der Waals surface area contributed by atoms with Gasteiger partial charge >= 0.3 is 5.97 Å². The summed E-state index contributed by atoms with van der Waals surface area (Å²) in [4.78, 5) is 10.3. The second-order valence-electron chi connectivity index (χ2n) is 1.48. The van der Waals surface area contributed by atoms with Gasteiger partial charge in [0.25, 0.3) is 0 Å². The largest absolute Gasteiger partial charge is 0.465 e. The summed E-state index contributed by atoms with van der Waals surface area (Å²) in [5.41, 5.74) is 0. The topological polar surface area (TPSA) is 46.5 Å². The molecule has 3 radical (unpaired) electrons. The van der Waals surface area contributed by atoms with Crippen molar-refractivity contribution in [3.05, 3.63) is 12.5 Å². The summed E-state index contributed by atoms with van der Waals surface area (Å²) in [6.07, 6.45) is 0.481. The van der Waals surface area contributed by atoms with Gasteiger partial charge in [0.2, 0.25) is 0 Å². The van der Waals surface area contributed by atoms with Crippen molar-refractivity contribution in [3.8, 4) is 0 Å². The minimum Gasteiger partial charge on any atom is -0.465 e. The van der Waals surface area contributed by atoms with Crippen LogP contribution in [0, 0.1) is 12.5 Å². The molecule has 43 valence electrons.